The molecule has 5 heteroatoms. The number of benzene rings is 4. The number of hydrogen-bond acceptors (Lipinski definition) is 4. The maximum atomic E-state index is 13.0. The molecule has 1 N–H and O–H groups in total. The van der Waals surface area contributed by atoms with Gasteiger partial charge in [0.05, 0.1) is 12.7 Å². The first-order chi connectivity index (χ1) is 17.4. The Hall–Kier alpha value is -4.69. The Kier molecular flexibility index (Phi) is 7.27. The predicted molar refractivity (Wildman–Crippen MR) is 143 cm³/mol. The maximum absolute atomic E-state index is 13.0. The number of nitrogens with zero attached hydrogens (tertiary/aromatic N) is 1. The van der Waals surface area contributed by atoms with Crippen molar-refractivity contribution in [2.24, 2.45) is 0 Å². The molecule has 4 aromatic carbocycles. The Morgan fingerprint density at radius 2 is 1.64 bits per heavy atom. The summed E-state index contributed by atoms with van der Waals surface area (Å²) in [5, 5.41) is 14.6. The van der Waals surface area contributed by atoms with E-state index < -0.39 is 11.9 Å². The molecule has 0 radical (unpaired) electrons. The van der Waals surface area contributed by atoms with E-state index in [0.717, 1.165) is 21.9 Å². The minimum absolute atomic E-state index is 0.00919. The summed E-state index contributed by atoms with van der Waals surface area (Å²) in [5.41, 5.74) is 6.27. The number of hydrogen-bond donors (Lipinski definition) is 1. The highest BCUT2D eigenvalue weighted by Gasteiger charge is 2.14. The lowest BCUT2D eigenvalue weighted by atomic mass is 9.92. The molecule has 0 aliphatic carbocycles. The van der Waals surface area contributed by atoms with E-state index in [0.29, 0.717) is 17.7 Å². The second kappa shape index (κ2) is 10.7. The van der Waals surface area contributed by atoms with E-state index in [1.807, 2.05) is 24.3 Å². The Morgan fingerprint density at radius 3 is 2.31 bits per heavy atom. The third kappa shape index (κ3) is 5.51. The molecule has 0 aliphatic rings. The van der Waals surface area contributed by atoms with Gasteiger partial charge in [0.15, 0.2) is 0 Å². The summed E-state index contributed by atoms with van der Waals surface area (Å²) in [7, 11) is 1.31. The monoisotopic (exact) mass is 474 g/mol. The lowest BCUT2D eigenvalue weighted by Gasteiger charge is -2.13. The Labute approximate surface area is 210 Å². The van der Waals surface area contributed by atoms with Gasteiger partial charge in [-0.1, -0.05) is 65.7 Å². The van der Waals surface area contributed by atoms with Crippen molar-refractivity contribution in [3.8, 4) is 6.07 Å². The van der Waals surface area contributed by atoms with Crippen LogP contribution in [0.1, 0.15) is 38.2 Å². The third-order valence-corrected chi connectivity index (χ3v) is 5.95. The lowest BCUT2D eigenvalue weighted by Crippen LogP contribution is -2.14. The van der Waals surface area contributed by atoms with Gasteiger partial charge >= 0.3 is 5.97 Å². The summed E-state index contributed by atoms with van der Waals surface area (Å²) in [4.78, 5) is 24.7. The number of ether oxygens (including phenoxy) is 1. The van der Waals surface area contributed by atoms with Crippen LogP contribution in [0.25, 0.3) is 16.8 Å². The Balaban J connectivity index is 1.71. The number of amides is 1. The quantitative estimate of drug-likeness (QED) is 0.200. The average Bonchev–Trinajstić information content (AvgIpc) is 2.87. The zero-order valence-electron chi connectivity index (χ0n) is 20.5. The molecule has 0 aliphatic heterocycles. The fourth-order valence-corrected chi connectivity index (χ4v) is 4.36. The molecule has 4 aromatic rings. The first kappa shape index (κ1) is 24.4. The van der Waals surface area contributed by atoms with Crippen LogP contribution in [0.2, 0.25) is 0 Å². The summed E-state index contributed by atoms with van der Waals surface area (Å²) >= 11 is 0. The minimum atomic E-state index is -0.520. The molecule has 0 bridgehead atoms. The largest absolute Gasteiger partial charge is 0.465 e. The van der Waals surface area contributed by atoms with Gasteiger partial charge in [0.1, 0.15) is 11.6 Å². The van der Waals surface area contributed by atoms with E-state index >= 15 is 0 Å². The van der Waals surface area contributed by atoms with Gasteiger partial charge in [0.2, 0.25) is 0 Å². The molecule has 0 heterocycles. The molecule has 4 rings (SSSR count). The van der Waals surface area contributed by atoms with Crippen molar-refractivity contribution >= 4 is 34.4 Å². The fourth-order valence-electron chi connectivity index (χ4n) is 4.36. The van der Waals surface area contributed by atoms with Gasteiger partial charge in [0.25, 0.3) is 5.91 Å². The number of rotatable bonds is 6. The molecule has 0 saturated heterocycles. The molecular formula is C31H26N2O3. The second-order valence-electron chi connectivity index (χ2n) is 8.73. The van der Waals surface area contributed by atoms with Crippen LogP contribution in [0, 0.1) is 25.2 Å². The van der Waals surface area contributed by atoms with Crippen molar-refractivity contribution < 1.29 is 14.3 Å². The molecule has 0 atom stereocenters. The van der Waals surface area contributed by atoms with E-state index in [9.17, 15) is 14.9 Å². The molecule has 0 fully saturated rings. The summed E-state index contributed by atoms with van der Waals surface area (Å²) in [6, 6.07) is 26.9. The van der Waals surface area contributed by atoms with Crippen molar-refractivity contribution in [1.29, 1.82) is 5.26 Å². The van der Waals surface area contributed by atoms with Crippen LogP contribution in [-0.4, -0.2) is 19.0 Å². The normalized spacial score (nSPS) is 11.1. The Bertz CT molecular complexity index is 1510. The second-order valence-corrected chi connectivity index (χ2v) is 8.73. The van der Waals surface area contributed by atoms with Crippen LogP contribution >= 0.6 is 0 Å². The number of anilines is 1. The van der Waals surface area contributed by atoms with Crippen molar-refractivity contribution in [2.45, 2.75) is 20.3 Å². The average molecular weight is 475 g/mol. The van der Waals surface area contributed by atoms with E-state index in [-0.39, 0.29) is 5.57 Å². The van der Waals surface area contributed by atoms with Gasteiger partial charge in [-0.05, 0) is 78.1 Å². The molecule has 0 unspecified atom stereocenters. The first-order valence-electron chi connectivity index (χ1n) is 11.6. The number of esters is 1. The predicted octanol–water partition coefficient (Wildman–Crippen LogP) is 6.38. The van der Waals surface area contributed by atoms with Gasteiger partial charge in [0, 0.05) is 5.69 Å². The van der Waals surface area contributed by atoms with Crippen molar-refractivity contribution in [1.82, 2.24) is 0 Å². The number of methoxy groups -OCH3 is 1. The molecule has 0 spiro atoms. The lowest BCUT2D eigenvalue weighted by molar-refractivity contribution is -0.112. The van der Waals surface area contributed by atoms with Crippen LogP contribution in [0.3, 0.4) is 0 Å². The van der Waals surface area contributed by atoms with Crippen molar-refractivity contribution in [3.05, 3.63) is 118 Å². The summed E-state index contributed by atoms with van der Waals surface area (Å²) in [5.74, 6) is -0.980. The number of fused-ring (bicyclic) bond motifs is 1. The maximum Gasteiger partial charge on any atom is 0.337 e. The van der Waals surface area contributed by atoms with E-state index in [2.05, 4.69) is 55.6 Å². The van der Waals surface area contributed by atoms with E-state index in [1.54, 1.807) is 30.3 Å². The van der Waals surface area contributed by atoms with Gasteiger partial charge in [-0.15, -0.1) is 0 Å². The highest BCUT2D eigenvalue weighted by atomic mass is 16.5. The van der Waals surface area contributed by atoms with Gasteiger partial charge in [-0.3, -0.25) is 4.79 Å². The van der Waals surface area contributed by atoms with E-state index in [4.69, 9.17) is 4.74 Å². The van der Waals surface area contributed by atoms with Crippen LogP contribution in [0.5, 0.6) is 0 Å². The number of aryl methyl sites for hydroxylation is 2. The van der Waals surface area contributed by atoms with Crippen molar-refractivity contribution in [2.75, 3.05) is 12.4 Å². The number of nitrogens with one attached hydrogen (secondary N) is 1. The van der Waals surface area contributed by atoms with Gasteiger partial charge in [-0.2, -0.15) is 5.26 Å². The molecular weight excluding hydrogens is 448 g/mol. The van der Waals surface area contributed by atoms with Crippen LogP contribution < -0.4 is 5.32 Å². The van der Waals surface area contributed by atoms with Crippen LogP contribution in [0.4, 0.5) is 5.69 Å². The zero-order chi connectivity index (χ0) is 25.7. The molecule has 0 aromatic heterocycles. The summed E-state index contributed by atoms with van der Waals surface area (Å²) in [6.07, 6.45) is 2.34. The Morgan fingerprint density at radius 1 is 0.944 bits per heavy atom. The van der Waals surface area contributed by atoms with Crippen LogP contribution in [-0.2, 0) is 16.0 Å². The SMILES string of the molecule is COC(=O)c1ccc(NC(=O)/C(C#N)=C/c2c(Cc3cc(C)cc(C)c3)ccc3ccccc23)cc1. The highest BCUT2D eigenvalue weighted by Crippen LogP contribution is 2.28. The van der Waals surface area contributed by atoms with Gasteiger partial charge in [-0.25, -0.2) is 4.79 Å². The van der Waals surface area contributed by atoms with Crippen molar-refractivity contribution in [3.63, 3.8) is 0 Å². The number of carbonyl (C=O) groups is 2. The minimum Gasteiger partial charge on any atom is -0.465 e. The summed E-state index contributed by atoms with van der Waals surface area (Å²) < 4.78 is 4.70. The molecule has 0 saturated carbocycles. The zero-order valence-corrected chi connectivity index (χ0v) is 20.5. The standard InChI is InChI=1S/C31H26N2O3/c1-20-14-21(2)16-22(15-20)17-25-9-8-23-6-4-5-7-28(23)29(25)18-26(19-32)30(34)33-27-12-10-24(11-13-27)31(35)36-3/h4-16,18H,17H2,1-3H3,(H,33,34)/b26-18+. The van der Waals surface area contributed by atoms with E-state index in [1.165, 1.54) is 23.8 Å². The molecule has 5 nitrogen and oxygen atoms in total. The van der Waals surface area contributed by atoms with Gasteiger partial charge < -0.3 is 10.1 Å². The summed E-state index contributed by atoms with van der Waals surface area (Å²) in [6.45, 7) is 4.15. The van der Waals surface area contributed by atoms with Crippen LogP contribution in [0.15, 0.2) is 84.4 Å². The topological polar surface area (TPSA) is 79.2 Å². The number of nitriles is 1. The smallest absolute Gasteiger partial charge is 0.337 e. The first-order valence-corrected chi connectivity index (χ1v) is 11.6. The number of carbonyl (C=O) groups excluding carboxylic acids is 2. The highest BCUT2D eigenvalue weighted by molar-refractivity contribution is 6.11. The molecule has 178 valence electrons. The third-order valence-electron chi connectivity index (χ3n) is 5.95. The fraction of sp³-hybridized carbons (Fsp3) is 0.129. The molecule has 1 amide bonds. The molecule has 36 heavy (non-hydrogen) atoms.